The van der Waals surface area contributed by atoms with E-state index in [2.05, 4.69) is 17.5 Å². The van der Waals surface area contributed by atoms with E-state index in [-0.39, 0.29) is 12.1 Å². The van der Waals surface area contributed by atoms with Gasteiger partial charge in [0.2, 0.25) is 0 Å². The van der Waals surface area contributed by atoms with Crippen molar-refractivity contribution in [2.24, 2.45) is 0 Å². The zero-order valence-corrected chi connectivity index (χ0v) is 9.12. The van der Waals surface area contributed by atoms with Crippen LogP contribution in [0.15, 0.2) is 12.2 Å². The lowest BCUT2D eigenvalue weighted by atomic mass is 10.0. The highest BCUT2D eigenvalue weighted by molar-refractivity contribution is 5.74. The van der Waals surface area contributed by atoms with Gasteiger partial charge in [0.05, 0.1) is 0 Å². The maximum Gasteiger partial charge on any atom is 0.317 e. The van der Waals surface area contributed by atoms with Crippen molar-refractivity contribution < 1.29 is 4.79 Å². The summed E-state index contributed by atoms with van der Waals surface area (Å²) in [6, 6.07) is 0.309. The number of hydrogen-bond acceptors (Lipinski definition) is 1. The normalized spacial score (nSPS) is 20.6. The van der Waals surface area contributed by atoms with E-state index < -0.39 is 0 Å². The largest absolute Gasteiger partial charge is 0.332 e. The van der Waals surface area contributed by atoms with Crippen molar-refractivity contribution in [3.05, 3.63) is 12.2 Å². The van der Waals surface area contributed by atoms with Gasteiger partial charge in [-0.15, -0.1) is 0 Å². The summed E-state index contributed by atoms with van der Waals surface area (Å²) in [6.07, 6.45) is 7.66. The molecule has 0 spiro atoms. The molecule has 1 aliphatic carbocycles. The summed E-state index contributed by atoms with van der Waals surface area (Å²) in [5.74, 6) is 0. The average molecular weight is 196 g/mol. The van der Waals surface area contributed by atoms with Gasteiger partial charge in [-0.2, -0.15) is 0 Å². The average Bonchev–Trinajstić information content (AvgIpc) is 2.21. The summed E-state index contributed by atoms with van der Waals surface area (Å²) in [6.45, 7) is 5.55. The Morgan fingerprint density at radius 3 is 2.71 bits per heavy atom. The third-order valence-electron chi connectivity index (χ3n) is 2.61. The first kappa shape index (κ1) is 11.1. The van der Waals surface area contributed by atoms with Crippen LogP contribution in [0.3, 0.4) is 0 Å². The Balaban J connectivity index is 2.38. The molecule has 0 aromatic rings. The van der Waals surface area contributed by atoms with Gasteiger partial charge >= 0.3 is 6.03 Å². The van der Waals surface area contributed by atoms with Crippen LogP contribution in [0.5, 0.6) is 0 Å². The van der Waals surface area contributed by atoms with E-state index in [1.807, 2.05) is 18.7 Å². The van der Waals surface area contributed by atoms with Crippen LogP contribution in [0, 0.1) is 0 Å². The minimum absolute atomic E-state index is 0.0616. The molecule has 0 radical (unpaired) electrons. The maximum atomic E-state index is 11.7. The molecule has 0 aliphatic heterocycles. The van der Waals surface area contributed by atoms with Crippen LogP contribution in [-0.2, 0) is 0 Å². The topological polar surface area (TPSA) is 32.3 Å². The molecule has 3 nitrogen and oxygen atoms in total. The van der Waals surface area contributed by atoms with Crippen molar-refractivity contribution in [3.8, 4) is 0 Å². The molecule has 80 valence electrons. The molecular formula is C11H20N2O. The molecule has 0 aromatic heterocycles. The third-order valence-corrected chi connectivity index (χ3v) is 2.61. The molecular weight excluding hydrogens is 176 g/mol. The molecule has 1 N–H and O–H groups in total. The van der Waals surface area contributed by atoms with Crippen LogP contribution in [0.4, 0.5) is 4.79 Å². The number of hydrogen-bond donors (Lipinski definition) is 1. The molecule has 0 saturated carbocycles. The highest BCUT2D eigenvalue weighted by atomic mass is 16.2. The fourth-order valence-corrected chi connectivity index (χ4v) is 1.69. The van der Waals surface area contributed by atoms with Crippen LogP contribution in [0.25, 0.3) is 0 Å². The second-order valence-corrected chi connectivity index (χ2v) is 3.59. The van der Waals surface area contributed by atoms with E-state index in [9.17, 15) is 4.79 Å². The molecule has 1 rings (SSSR count). The number of allylic oxidation sites excluding steroid dienone is 1. The molecule has 0 saturated heterocycles. The number of nitrogens with zero attached hydrogens (tertiary/aromatic N) is 1. The van der Waals surface area contributed by atoms with Crippen LogP contribution in [0.2, 0.25) is 0 Å². The van der Waals surface area contributed by atoms with E-state index in [1.165, 1.54) is 6.42 Å². The van der Waals surface area contributed by atoms with E-state index in [0.717, 1.165) is 25.9 Å². The molecule has 0 fully saturated rings. The molecule has 14 heavy (non-hydrogen) atoms. The third kappa shape index (κ3) is 3.05. The summed E-state index contributed by atoms with van der Waals surface area (Å²) in [5, 5.41) is 3.02. The van der Waals surface area contributed by atoms with E-state index >= 15 is 0 Å². The van der Waals surface area contributed by atoms with Gasteiger partial charge in [-0.3, -0.25) is 0 Å². The van der Waals surface area contributed by atoms with Crippen molar-refractivity contribution in [1.29, 1.82) is 0 Å². The summed E-state index contributed by atoms with van der Waals surface area (Å²) >= 11 is 0. The van der Waals surface area contributed by atoms with Crippen molar-refractivity contribution in [2.45, 2.75) is 39.2 Å². The van der Waals surface area contributed by atoms with Crippen molar-refractivity contribution in [1.82, 2.24) is 10.2 Å². The Labute approximate surface area is 86.2 Å². The molecule has 0 aromatic carbocycles. The highest BCUT2D eigenvalue weighted by Gasteiger charge is 2.14. The second-order valence-electron chi connectivity index (χ2n) is 3.59. The van der Waals surface area contributed by atoms with Gasteiger partial charge in [-0.05, 0) is 33.1 Å². The predicted molar refractivity (Wildman–Crippen MR) is 58.2 cm³/mol. The lowest BCUT2D eigenvalue weighted by molar-refractivity contribution is 0.200. The SMILES string of the molecule is CCN(CC)C(=O)NC1C=CCCC1. The standard InChI is InChI=1S/C11H20N2O/c1-3-13(4-2)11(14)12-10-8-6-5-7-9-10/h6,8,10H,3-5,7,9H2,1-2H3,(H,12,14). The van der Waals surface area contributed by atoms with Crippen molar-refractivity contribution in [3.63, 3.8) is 0 Å². The fourth-order valence-electron chi connectivity index (χ4n) is 1.69. The summed E-state index contributed by atoms with van der Waals surface area (Å²) in [4.78, 5) is 13.5. The number of nitrogens with one attached hydrogen (secondary N) is 1. The summed E-state index contributed by atoms with van der Waals surface area (Å²) in [5.41, 5.74) is 0. The highest BCUT2D eigenvalue weighted by Crippen LogP contribution is 2.10. The minimum Gasteiger partial charge on any atom is -0.332 e. The second kappa shape index (κ2) is 5.68. The lowest BCUT2D eigenvalue weighted by Crippen LogP contribution is -2.44. The van der Waals surface area contributed by atoms with E-state index in [4.69, 9.17) is 0 Å². The lowest BCUT2D eigenvalue weighted by Gasteiger charge is -2.24. The zero-order valence-electron chi connectivity index (χ0n) is 9.12. The molecule has 1 atom stereocenters. The fraction of sp³-hybridized carbons (Fsp3) is 0.727. The van der Waals surface area contributed by atoms with Gasteiger partial charge in [0.25, 0.3) is 0 Å². The Morgan fingerprint density at radius 2 is 2.21 bits per heavy atom. The Morgan fingerprint density at radius 1 is 1.50 bits per heavy atom. The van der Waals surface area contributed by atoms with E-state index in [1.54, 1.807) is 0 Å². The number of urea groups is 1. The predicted octanol–water partition coefficient (Wildman–Crippen LogP) is 2.15. The smallest absolute Gasteiger partial charge is 0.317 e. The minimum atomic E-state index is 0.0616. The van der Waals surface area contributed by atoms with E-state index in [0.29, 0.717) is 0 Å². The van der Waals surface area contributed by atoms with Gasteiger partial charge in [-0.25, -0.2) is 4.79 Å². The first-order valence-electron chi connectivity index (χ1n) is 5.50. The quantitative estimate of drug-likeness (QED) is 0.689. The molecule has 3 heteroatoms. The number of rotatable bonds is 3. The van der Waals surface area contributed by atoms with Crippen LogP contribution in [-0.4, -0.2) is 30.1 Å². The van der Waals surface area contributed by atoms with Crippen molar-refractivity contribution in [2.75, 3.05) is 13.1 Å². The monoisotopic (exact) mass is 196 g/mol. The van der Waals surface area contributed by atoms with Crippen LogP contribution < -0.4 is 5.32 Å². The number of carbonyl (C=O) groups excluding carboxylic acids is 1. The molecule has 1 aliphatic rings. The van der Waals surface area contributed by atoms with Crippen LogP contribution in [0.1, 0.15) is 33.1 Å². The maximum absolute atomic E-state index is 11.7. The summed E-state index contributed by atoms with van der Waals surface area (Å²) < 4.78 is 0. The van der Waals surface area contributed by atoms with Gasteiger partial charge in [0, 0.05) is 19.1 Å². The molecule has 2 amide bonds. The molecule has 0 heterocycles. The van der Waals surface area contributed by atoms with Gasteiger partial charge in [0.1, 0.15) is 0 Å². The summed E-state index contributed by atoms with van der Waals surface area (Å²) in [7, 11) is 0. The Bertz CT molecular complexity index is 209. The van der Waals surface area contributed by atoms with Gasteiger partial charge < -0.3 is 10.2 Å². The molecule has 1 unspecified atom stereocenters. The van der Waals surface area contributed by atoms with Gasteiger partial charge in [-0.1, -0.05) is 12.2 Å². The Kier molecular flexibility index (Phi) is 4.50. The van der Waals surface area contributed by atoms with Gasteiger partial charge in [0.15, 0.2) is 0 Å². The van der Waals surface area contributed by atoms with Crippen molar-refractivity contribution >= 4 is 6.03 Å². The number of carbonyl (C=O) groups is 1. The Hall–Kier alpha value is -0.990. The molecule has 0 bridgehead atoms. The van der Waals surface area contributed by atoms with Crippen LogP contribution >= 0.6 is 0 Å². The number of amides is 2. The first-order valence-corrected chi connectivity index (χ1v) is 5.50. The zero-order chi connectivity index (χ0) is 10.4. The first-order chi connectivity index (χ1) is 6.77.